The van der Waals surface area contributed by atoms with E-state index in [0.29, 0.717) is 17.3 Å². The largest absolute Gasteiger partial charge is 0.324 e. The molecular weight excluding hydrogens is 304 g/mol. The van der Waals surface area contributed by atoms with Crippen molar-refractivity contribution in [2.45, 2.75) is 6.92 Å². The molecule has 2 aromatic carbocycles. The maximum Gasteiger partial charge on any atom is 0.257 e. The van der Waals surface area contributed by atoms with Crippen LogP contribution in [0, 0.1) is 6.92 Å². The first-order valence-corrected chi connectivity index (χ1v) is 7.44. The summed E-state index contributed by atoms with van der Waals surface area (Å²) < 4.78 is 0. The van der Waals surface area contributed by atoms with E-state index in [1.807, 2.05) is 37.3 Å². The topological polar surface area (TPSA) is 99.3 Å². The van der Waals surface area contributed by atoms with Gasteiger partial charge in [-0.1, -0.05) is 24.3 Å². The lowest BCUT2D eigenvalue weighted by Gasteiger charge is -2.03. The van der Waals surface area contributed by atoms with Crippen molar-refractivity contribution < 1.29 is 4.79 Å². The molecule has 3 N–H and O–H groups in total. The van der Waals surface area contributed by atoms with Crippen molar-refractivity contribution >= 4 is 22.9 Å². The summed E-state index contributed by atoms with van der Waals surface area (Å²) in [6, 6.07) is 14.8. The first-order chi connectivity index (χ1) is 11.7. The Morgan fingerprint density at radius 2 is 1.96 bits per heavy atom. The summed E-state index contributed by atoms with van der Waals surface area (Å²) in [6.45, 7) is 1.83. The molecule has 1 amide bonds. The molecule has 118 valence electrons. The first-order valence-electron chi connectivity index (χ1n) is 7.44. The summed E-state index contributed by atoms with van der Waals surface area (Å²) in [5, 5.41) is 9.68. The van der Waals surface area contributed by atoms with Gasteiger partial charge in [0.2, 0.25) is 5.95 Å². The Hall–Kier alpha value is -3.48. The number of anilines is 1. The molecule has 0 aliphatic rings. The van der Waals surface area contributed by atoms with E-state index < -0.39 is 0 Å². The molecule has 4 aromatic rings. The van der Waals surface area contributed by atoms with Gasteiger partial charge in [0, 0.05) is 11.1 Å². The first kappa shape index (κ1) is 14.1. The van der Waals surface area contributed by atoms with Crippen molar-refractivity contribution in [3.63, 3.8) is 0 Å². The smallest absolute Gasteiger partial charge is 0.257 e. The lowest BCUT2D eigenvalue weighted by molar-refractivity contribution is 0.102. The monoisotopic (exact) mass is 318 g/mol. The highest BCUT2D eigenvalue weighted by molar-refractivity contribution is 6.04. The molecule has 0 aliphatic carbocycles. The lowest BCUT2D eigenvalue weighted by Crippen LogP contribution is -2.13. The second-order valence-corrected chi connectivity index (χ2v) is 5.38. The maximum absolute atomic E-state index is 12.5. The normalized spacial score (nSPS) is 10.9. The molecule has 2 heterocycles. The number of aromatic nitrogens is 5. The zero-order valence-electron chi connectivity index (χ0n) is 12.9. The van der Waals surface area contributed by atoms with Gasteiger partial charge in [-0.2, -0.15) is 5.10 Å². The quantitative estimate of drug-likeness (QED) is 0.541. The molecule has 0 spiro atoms. The number of imidazole rings is 1. The Morgan fingerprint density at radius 1 is 1.08 bits per heavy atom. The van der Waals surface area contributed by atoms with Crippen LogP contribution in [-0.2, 0) is 0 Å². The van der Waals surface area contributed by atoms with Gasteiger partial charge >= 0.3 is 0 Å². The molecule has 0 atom stereocenters. The Kier molecular flexibility index (Phi) is 3.31. The molecule has 24 heavy (non-hydrogen) atoms. The van der Waals surface area contributed by atoms with Gasteiger partial charge in [-0.05, 0) is 31.2 Å². The van der Waals surface area contributed by atoms with Crippen molar-refractivity contribution in [1.82, 2.24) is 25.1 Å². The third kappa shape index (κ3) is 2.63. The van der Waals surface area contributed by atoms with Crippen LogP contribution in [0.5, 0.6) is 0 Å². The highest BCUT2D eigenvalue weighted by Crippen LogP contribution is 2.18. The van der Waals surface area contributed by atoms with Crippen molar-refractivity contribution in [2.75, 3.05) is 5.32 Å². The molecule has 0 bridgehead atoms. The third-order valence-electron chi connectivity index (χ3n) is 3.60. The van der Waals surface area contributed by atoms with Crippen molar-refractivity contribution in [1.29, 1.82) is 0 Å². The molecule has 7 heteroatoms. The Morgan fingerprint density at radius 3 is 2.75 bits per heavy atom. The summed E-state index contributed by atoms with van der Waals surface area (Å²) in [5.74, 6) is 1.46. The fourth-order valence-corrected chi connectivity index (χ4v) is 2.46. The summed E-state index contributed by atoms with van der Waals surface area (Å²) in [5.41, 5.74) is 2.96. The second-order valence-electron chi connectivity index (χ2n) is 5.38. The summed E-state index contributed by atoms with van der Waals surface area (Å²) in [4.78, 5) is 24.2. The van der Waals surface area contributed by atoms with Crippen LogP contribution in [0.15, 0.2) is 48.5 Å². The van der Waals surface area contributed by atoms with Crippen molar-refractivity contribution in [3.05, 3.63) is 59.9 Å². The molecule has 7 nitrogen and oxygen atoms in total. The van der Waals surface area contributed by atoms with Gasteiger partial charge in [0.15, 0.2) is 5.82 Å². The van der Waals surface area contributed by atoms with Crippen molar-refractivity contribution in [3.8, 4) is 11.4 Å². The zero-order valence-corrected chi connectivity index (χ0v) is 12.9. The van der Waals surface area contributed by atoms with Crippen LogP contribution in [0.1, 0.15) is 16.2 Å². The van der Waals surface area contributed by atoms with Gasteiger partial charge in [0.25, 0.3) is 5.91 Å². The Bertz CT molecular complexity index is 999. The van der Waals surface area contributed by atoms with E-state index in [1.54, 1.807) is 18.2 Å². The SMILES string of the molecule is Cc1nc(-c2cccc(C(=O)Nc3nc4ccccc4[nH]3)c2)n[nH]1. The molecular formula is C17H14N6O. The number of hydrogen-bond donors (Lipinski definition) is 3. The number of carbonyl (C=O) groups excluding carboxylic acids is 1. The molecule has 0 fully saturated rings. The highest BCUT2D eigenvalue weighted by Gasteiger charge is 2.11. The number of amides is 1. The summed E-state index contributed by atoms with van der Waals surface area (Å²) in [7, 11) is 0. The minimum absolute atomic E-state index is 0.247. The van der Waals surface area contributed by atoms with E-state index in [4.69, 9.17) is 0 Å². The number of nitrogens with one attached hydrogen (secondary N) is 3. The molecule has 0 saturated carbocycles. The van der Waals surface area contributed by atoms with E-state index in [0.717, 1.165) is 22.4 Å². The van der Waals surface area contributed by atoms with E-state index >= 15 is 0 Å². The van der Waals surface area contributed by atoms with Crippen LogP contribution in [-0.4, -0.2) is 31.1 Å². The molecule has 0 radical (unpaired) electrons. The van der Waals surface area contributed by atoms with Crippen LogP contribution in [0.4, 0.5) is 5.95 Å². The second kappa shape index (κ2) is 5.62. The molecule has 0 unspecified atom stereocenters. The Balaban J connectivity index is 1.60. The van der Waals surface area contributed by atoms with Crippen LogP contribution in [0.3, 0.4) is 0 Å². The van der Waals surface area contributed by atoms with Gasteiger partial charge < -0.3 is 4.98 Å². The van der Waals surface area contributed by atoms with Gasteiger partial charge in [0.05, 0.1) is 11.0 Å². The fourth-order valence-electron chi connectivity index (χ4n) is 2.46. The van der Waals surface area contributed by atoms with E-state index in [2.05, 4.69) is 30.5 Å². The predicted molar refractivity (Wildman–Crippen MR) is 90.6 cm³/mol. The molecule has 2 aromatic heterocycles. The number of carbonyl (C=O) groups is 1. The van der Waals surface area contributed by atoms with Gasteiger partial charge in [-0.3, -0.25) is 15.2 Å². The number of nitrogens with zero attached hydrogens (tertiary/aromatic N) is 3. The highest BCUT2D eigenvalue weighted by atomic mass is 16.1. The number of hydrogen-bond acceptors (Lipinski definition) is 4. The minimum Gasteiger partial charge on any atom is -0.324 e. The molecule has 4 rings (SSSR count). The average molecular weight is 318 g/mol. The average Bonchev–Trinajstić information content (AvgIpc) is 3.20. The summed E-state index contributed by atoms with van der Waals surface area (Å²) in [6.07, 6.45) is 0. The number of H-pyrrole nitrogens is 2. The van der Waals surface area contributed by atoms with E-state index in [1.165, 1.54) is 0 Å². The predicted octanol–water partition coefficient (Wildman–Crippen LogP) is 2.91. The minimum atomic E-state index is -0.247. The number of fused-ring (bicyclic) bond motifs is 1. The van der Waals surface area contributed by atoms with Crippen molar-refractivity contribution in [2.24, 2.45) is 0 Å². The van der Waals surface area contributed by atoms with Crippen LogP contribution in [0.25, 0.3) is 22.4 Å². The number of rotatable bonds is 3. The lowest BCUT2D eigenvalue weighted by atomic mass is 10.1. The summed E-state index contributed by atoms with van der Waals surface area (Å²) >= 11 is 0. The molecule has 0 aliphatic heterocycles. The number of aromatic amines is 2. The molecule has 0 saturated heterocycles. The number of aryl methyl sites for hydroxylation is 1. The Labute approximate surface area is 137 Å². The van der Waals surface area contributed by atoms with Crippen LogP contribution >= 0.6 is 0 Å². The zero-order chi connectivity index (χ0) is 16.5. The number of benzene rings is 2. The van der Waals surface area contributed by atoms with E-state index in [-0.39, 0.29) is 5.91 Å². The number of para-hydroxylation sites is 2. The fraction of sp³-hybridized carbons (Fsp3) is 0.0588. The van der Waals surface area contributed by atoms with Gasteiger partial charge in [-0.15, -0.1) is 0 Å². The standard InChI is InChI=1S/C17H14N6O/c1-10-18-15(23-22-10)11-5-4-6-12(9-11)16(24)21-17-19-13-7-2-3-8-14(13)20-17/h2-9H,1H3,(H,18,22,23)(H2,19,20,21,24). The van der Waals surface area contributed by atoms with E-state index in [9.17, 15) is 4.79 Å². The van der Waals surface area contributed by atoms with Gasteiger partial charge in [0.1, 0.15) is 5.82 Å². The third-order valence-corrected chi connectivity index (χ3v) is 3.60. The van der Waals surface area contributed by atoms with Crippen LogP contribution < -0.4 is 5.32 Å². The van der Waals surface area contributed by atoms with Crippen LogP contribution in [0.2, 0.25) is 0 Å². The maximum atomic E-state index is 12.5. The van der Waals surface area contributed by atoms with Gasteiger partial charge in [-0.25, -0.2) is 9.97 Å².